The van der Waals surface area contributed by atoms with Crippen molar-refractivity contribution in [3.8, 4) is 0 Å². The van der Waals surface area contributed by atoms with E-state index >= 15 is 0 Å². The first-order valence-corrected chi connectivity index (χ1v) is 27.9. The van der Waals surface area contributed by atoms with Crippen LogP contribution in [0.25, 0.3) is 0 Å². The minimum atomic E-state index is -1.91. The average Bonchev–Trinajstić information content (AvgIpc) is 3.35. The standard InChI is InChI=1S/C59H98O12/c1-4-7-10-13-16-19-22-24-26-28-31-33-36-39-42-45-51(60)67-48-50(69-52(61)46-43-40-37-35-32-29-27-25-23-20-17-14-11-8-5-2)49-68-59-57(55(64)54(63)56(71-59)58(65)66)70-53(62)47-44-41-38-34-30-21-18-15-12-9-6-3/h7,10,15-20,24-27,50,54-57,59,63-64H,4-6,8-9,11-14,21-23,28-49H2,1-3H3,(H,65,66)/b10-7-,18-15-,19-16-,20-17-,26-24-,27-25-. The fraction of sp³-hybridized carbons (Fsp3) is 0.729. The van der Waals surface area contributed by atoms with Gasteiger partial charge in [-0.3, -0.25) is 14.4 Å². The van der Waals surface area contributed by atoms with Crippen LogP contribution in [0.5, 0.6) is 0 Å². The van der Waals surface area contributed by atoms with Crippen LogP contribution in [0.2, 0.25) is 0 Å². The van der Waals surface area contributed by atoms with Gasteiger partial charge in [0.25, 0.3) is 0 Å². The second-order valence-corrected chi connectivity index (χ2v) is 18.8. The zero-order valence-electron chi connectivity index (χ0n) is 44.4. The number of esters is 3. The van der Waals surface area contributed by atoms with Gasteiger partial charge in [-0.1, -0.05) is 177 Å². The third-order valence-electron chi connectivity index (χ3n) is 12.2. The smallest absolute Gasteiger partial charge is 0.335 e. The minimum absolute atomic E-state index is 0.0445. The highest BCUT2D eigenvalue weighted by atomic mass is 16.7. The van der Waals surface area contributed by atoms with Crippen molar-refractivity contribution in [1.29, 1.82) is 0 Å². The summed E-state index contributed by atoms with van der Waals surface area (Å²) < 4.78 is 28.3. The number of aliphatic carboxylic acids is 1. The monoisotopic (exact) mass is 999 g/mol. The lowest BCUT2D eigenvalue weighted by atomic mass is 9.98. The molecule has 0 bridgehead atoms. The first-order valence-electron chi connectivity index (χ1n) is 27.9. The number of aliphatic hydroxyl groups excluding tert-OH is 2. The Bertz CT molecular complexity index is 1510. The highest BCUT2D eigenvalue weighted by Gasteiger charge is 2.50. The molecule has 1 fully saturated rings. The van der Waals surface area contributed by atoms with Crippen molar-refractivity contribution in [2.75, 3.05) is 13.2 Å². The number of aliphatic hydroxyl groups is 2. The van der Waals surface area contributed by atoms with Gasteiger partial charge in [0, 0.05) is 19.3 Å². The summed E-state index contributed by atoms with van der Waals surface area (Å²) in [6.07, 6.45) is 45.9. The van der Waals surface area contributed by atoms with Gasteiger partial charge in [-0.25, -0.2) is 4.79 Å². The molecule has 0 aliphatic carbocycles. The third kappa shape index (κ3) is 37.6. The molecule has 0 amide bonds. The largest absolute Gasteiger partial charge is 0.479 e. The van der Waals surface area contributed by atoms with Gasteiger partial charge in [0.2, 0.25) is 0 Å². The summed E-state index contributed by atoms with van der Waals surface area (Å²) in [5.74, 6) is -3.18. The van der Waals surface area contributed by atoms with Crippen LogP contribution in [0, 0.1) is 0 Å². The summed E-state index contributed by atoms with van der Waals surface area (Å²) in [4.78, 5) is 50.9. The van der Waals surface area contributed by atoms with Crippen molar-refractivity contribution < 1.29 is 58.2 Å². The Morgan fingerprint density at radius 3 is 1.41 bits per heavy atom. The number of unbranched alkanes of at least 4 members (excludes halogenated alkanes) is 20. The summed E-state index contributed by atoms with van der Waals surface area (Å²) in [6, 6.07) is 0. The van der Waals surface area contributed by atoms with Crippen molar-refractivity contribution in [3.63, 3.8) is 0 Å². The maximum absolute atomic E-state index is 13.1. The molecule has 0 radical (unpaired) electrons. The van der Waals surface area contributed by atoms with Gasteiger partial charge in [0.1, 0.15) is 18.8 Å². The molecule has 0 spiro atoms. The van der Waals surface area contributed by atoms with E-state index in [2.05, 4.69) is 93.7 Å². The SMILES string of the molecule is CC/C=C\C/C=C\C/C=C\CCCCCCCC(=O)OCC(COC1OC(C(=O)O)C(O)C(O)C1OC(=O)CCCCCCC/C=C\CCCC)OC(=O)CCCCCCC/C=C\C/C=C\CCCCC. The van der Waals surface area contributed by atoms with Gasteiger partial charge in [-0.15, -0.1) is 0 Å². The summed E-state index contributed by atoms with van der Waals surface area (Å²) in [5.41, 5.74) is 0. The fourth-order valence-corrected chi connectivity index (χ4v) is 7.92. The Balaban J connectivity index is 2.74. The molecule has 6 atom stereocenters. The van der Waals surface area contributed by atoms with Crippen LogP contribution in [0.1, 0.15) is 226 Å². The zero-order chi connectivity index (χ0) is 51.8. The number of ether oxygens (including phenoxy) is 5. The van der Waals surface area contributed by atoms with Gasteiger partial charge >= 0.3 is 23.9 Å². The molecule has 1 rings (SSSR count). The summed E-state index contributed by atoms with van der Waals surface area (Å²) in [6.45, 7) is 5.76. The van der Waals surface area contributed by atoms with Gasteiger partial charge < -0.3 is 39.0 Å². The molecule has 0 aromatic rings. The molecule has 71 heavy (non-hydrogen) atoms. The Morgan fingerprint density at radius 2 is 0.901 bits per heavy atom. The van der Waals surface area contributed by atoms with Crippen LogP contribution in [0.4, 0.5) is 0 Å². The van der Waals surface area contributed by atoms with Crippen LogP contribution in [0.15, 0.2) is 72.9 Å². The number of carbonyl (C=O) groups excluding carboxylic acids is 3. The quantitative estimate of drug-likeness (QED) is 0.0228. The molecule has 0 aromatic heterocycles. The van der Waals surface area contributed by atoms with Gasteiger partial charge in [0.05, 0.1) is 6.61 Å². The van der Waals surface area contributed by atoms with E-state index < -0.39 is 67.3 Å². The first-order chi connectivity index (χ1) is 34.6. The molecule has 0 saturated carbocycles. The lowest BCUT2D eigenvalue weighted by Crippen LogP contribution is -2.61. The van der Waals surface area contributed by atoms with Crippen molar-refractivity contribution in [1.82, 2.24) is 0 Å². The highest BCUT2D eigenvalue weighted by Crippen LogP contribution is 2.26. The van der Waals surface area contributed by atoms with E-state index in [1.54, 1.807) is 0 Å². The molecule has 406 valence electrons. The molecule has 12 heteroatoms. The van der Waals surface area contributed by atoms with Crippen LogP contribution in [-0.4, -0.2) is 89.2 Å². The topological polar surface area (TPSA) is 175 Å². The predicted molar refractivity (Wildman–Crippen MR) is 285 cm³/mol. The number of hydrogen-bond donors (Lipinski definition) is 3. The van der Waals surface area contributed by atoms with E-state index in [1.165, 1.54) is 32.1 Å². The lowest BCUT2D eigenvalue weighted by molar-refractivity contribution is -0.301. The lowest BCUT2D eigenvalue weighted by Gasteiger charge is -2.40. The van der Waals surface area contributed by atoms with E-state index in [0.29, 0.717) is 19.3 Å². The number of carboxylic acid groups (broad SMARTS) is 1. The average molecular weight is 999 g/mol. The number of carboxylic acids is 1. The number of hydrogen-bond acceptors (Lipinski definition) is 11. The predicted octanol–water partition coefficient (Wildman–Crippen LogP) is 13.8. The van der Waals surface area contributed by atoms with E-state index in [1.807, 2.05) is 0 Å². The van der Waals surface area contributed by atoms with Crippen LogP contribution in [0.3, 0.4) is 0 Å². The normalized spacial score (nSPS) is 19.0. The minimum Gasteiger partial charge on any atom is -0.479 e. The summed E-state index contributed by atoms with van der Waals surface area (Å²) >= 11 is 0. The van der Waals surface area contributed by atoms with E-state index in [4.69, 9.17) is 23.7 Å². The zero-order valence-corrected chi connectivity index (χ0v) is 44.4. The molecule has 6 unspecified atom stereocenters. The molecular formula is C59H98O12. The van der Waals surface area contributed by atoms with Crippen LogP contribution < -0.4 is 0 Å². The van der Waals surface area contributed by atoms with Crippen LogP contribution >= 0.6 is 0 Å². The van der Waals surface area contributed by atoms with Gasteiger partial charge in [-0.2, -0.15) is 0 Å². The second kappa shape index (κ2) is 47.2. The van der Waals surface area contributed by atoms with Gasteiger partial charge in [-0.05, 0) is 103 Å². The summed E-state index contributed by atoms with van der Waals surface area (Å²) in [7, 11) is 0. The van der Waals surface area contributed by atoms with E-state index in [0.717, 1.165) is 135 Å². The van der Waals surface area contributed by atoms with Crippen molar-refractivity contribution in [2.45, 2.75) is 263 Å². The molecule has 1 heterocycles. The first kappa shape index (κ1) is 65.2. The van der Waals surface area contributed by atoms with Crippen molar-refractivity contribution in [2.24, 2.45) is 0 Å². The Morgan fingerprint density at radius 1 is 0.479 bits per heavy atom. The Kier molecular flexibility index (Phi) is 43.3. The third-order valence-corrected chi connectivity index (χ3v) is 12.2. The van der Waals surface area contributed by atoms with E-state index in [9.17, 15) is 34.5 Å². The Labute approximate surface area is 429 Å². The van der Waals surface area contributed by atoms with Crippen LogP contribution in [-0.2, 0) is 42.9 Å². The van der Waals surface area contributed by atoms with Crippen molar-refractivity contribution in [3.05, 3.63) is 72.9 Å². The molecule has 1 saturated heterocycles. The van der Waals surface area contributed by atoms with Crippen molar-refractivity contribution >= 4 is 23.9 Å². The molecule has 1 aliphatic rings. The molecule has 1 aliphatic heterocycles. The van der Waals surface area contributed by atoms with Gasteiger partial charge in [0.15, 0.2) is 24.6 Å². The number of rotatable bonds is 46. The highest BCUT2D eigenvalue weighted by molar-refractivity contribution is 5.74. The molecule has 12 nitrogen and oxygen atoms in total. The molecule has 0 aromatic carbocycles. The fourth-order valence-electron chi connectivity index (χ4n) is 7.92. The molecular weight excluding hydrogens is 901 g/mol. The number of carbonyl (C=O) groups is 4. The summed E-state index contributed by atoms with van der Waals surface area (Å²) in [5, 5.41) is 31.4. The second-order valence-electron chi connectivity index (χ2n) is 18.8. The maximum atomic E-state index is 13.1. The van der Waals surface area contributed by atoms with E-state index in [-0.39, 0.29) is 25.9 Å². The maximum Gasteiger partial charge on any atom is 0.335 e. The molecule has 3 N–H and O–H groups in total. The Hall–Kier alpha value is -3.84. The number of allylic oxidation sites excluding steroid dienone is 12.